The second-order valence-corrected chi connectivity index (χ2v) is 6.75. The fourth-order valence-corrected chi connectivity index (χ4v) is 3.96. The monoisotopic (exact) mass is 353 g/mol. The molecule has 2 aliphatic rings. The molecular weight excluding hydrogens is 321 g/mol. The second-order valence-electron chi connectivity index (χ2n) is 6.75. The van der Waals surface area contributed by atoms with Crippen LogP contribution in [-0.2, 0) is 4.79 Å². The van der Waals surface area contributed by atoms with Crippen molar-refractivity contribution in [3.63, 3.8) is 0 Å². The predicted molar refractivity (Wildman–Crippen MR) is 97.0 cm³/mol. The van der Waals surface area contributed by atoms with E-state index in [-0.39, 0.29) is 36.3 Å². The van der Waals surface area contributed by atoms with Crippen molar-refractivity contribution >= 4 is 30.7 Å². The number of hydrogen-bond acceptors (Lipinski definition) is 3. The number of halogens is 2. The maximum Gasteiger partial charge on any atom is 0.227 e. The van der Waals surface area contributed by atoms with Crippen LogP contribution in [0, 0.1) is 5.92 Å². The van der Waals surface area contributed by atoms with E-state index in [1.807, 2.05) is 0 Å². The van der Waals surface area contributed by atoms with Crippen LogP contribution >= 0.6 is 24.8 Å². The van der Waals surface area contributed by atoms with Gasteiger partial charge in [0.2, 0.25) is 5.91 Å². The van der Waals surface area contributed by atoms with Gasteiger partial charge in [-0.25, -0.2) is 0 Å². The van der Waals surface area contributed by atoms with Crippen LogP contribution in [0.2, 0.25) is 0 Å². The summed E-state index contributed by atoms with van der Waals surface area (Å²) in [4.78, 5) is 17.3. The van der Waals surface area contributed by atoms with Crippen molar-refractivity contribution in [3.05, 3.63) is 0 Å². The highest BCUT2D eigenvalue weighted by Crippen LogP contribution is 2.33. The maximum atomic E-state index is 12.8. The topological polar surface area (TPSA) is 49.6 Å². The largest absolute Gasteiger partial charge is 0.341 e. The Morgan fingerprint density at radius 3 is 2.41 bits per heavy atom. The van der Waals surface area contributed by atoms with Crippen molar-refractivity contribution < 1.29 is 4.79 Å². The van der Waals surface area contributed by atoms with Crippen molar-refractivity contribution in [2.45, 2.75) is 64.5 Å². The molecule has 2 rings (SSSR count). The Hall–Kier alpha value is -0.0300. The third-order valence-corrected chi connectivity index (χ3v) is 5.36. The first-order valence-electron chi connectivity index (χ1n) is 8.31. The highest BCUT2D eigenvalue weighted by Gasteiger charge is 2.41. The lowest BCUT2D eigenvalue weighted by molar-refractivity contribution is -0.138. The van der Waals surface area contributed by atoms with Gasteiger partial charge in [0.25, 0.3) is 0 Å². The first-order chi connectivity index (χ1) is 9.49. The van der Waals surface area contributed by atoms with E-state index in [0.29, 0.717) is 11.9 Å². The van der Waals surface area contributed by atoms with Crippen molar-refractivity contribution in [3.8, 4) is 0 Å². The molecule has 4 nitrogen and oxygen atoms in total. The van der Waals surface area contributed by atoms with Crippen LogP contribution < -0.4 is 5.73 Å². The Morgan fingerprint density at radius 2 is 1.86 bits per heavy atom. The van der Waals surface area contributed by atoms with E-state index >= 15 is 0 Å². The maximum absolute atomic E-state index is 12.8. The molecule has 22 heavy (non-hydrogen) atoms. The molecular formula is C16H33Cl2N3O. The molecule has 3 atom stereocenters. The molecule has 3 unspecified atom stereocenters. The van der Waals surface area contributed by atoms with Crippen LogP contribution in [0.25, 0.3) is 0 Å². The zero-order chi connectivity index (χ0) is 14.8. The Labute approximate surface area is 148 Å². The van der Waals surface area contributed by atoms with Gasteiger partial charge in [-0.1, -0.05) is 26.7 Å². The molecule has 1 amide bonds. The molecule has 0 aromatic heterocycles. The molecule has 1 aliphatic heterocycles. The average molecular weight is 354 g/mol. The van der Waals surface area contributed by atoms with E-state index in [2.05, 4.69) is 30.6 Å². The molecule has 2 N–H and O–H groups in total. The number of nitrogens with two attached hydrogens (primary N) is 1. The molecule has 1 heterocycles. The highest BCUT2D eigenvalue weighted by molar-refractivity contribution is 5.85. The van der Waals surface area contributed by atoms with Crippen molar-refractivity contribution in [1.82, 2.24) is 9.80 Å². The number of carbonyl (C=O) groups excluding carboxylic acids is 1. The van der Waals surface area contributed by atoms with Crippen LogP contribution in [-0.4, -0.2) is 53.5 Å². The SMILES string of the molecule is CCN(CC)C1CCN(C(=O)C2CCCCC2(C)N)C1.Cl.Cl. The molecule has 0 aromatic rings. The lowest BCUT2D eigenvalue weighted by Crippen LogP contribution is -2.53. The van der Waals surface area contributed by atoms with E-state index < -0.39 is 0 Å². The van der Waals surface area contributed by atoms with Crippen molar-refractivity contribution in [2.75, 3.05) is 26.2 Å². The van der Waals surface area contributed by atoms with Gasteiger partial charge < -0.3 is 10.6 Å². The number of likely N-dealkylation sites (tertiary alicyclic amines) is 1. The summed E-state index contributed by atoms with van der Waals surface area (Å²) in [5.74, 6) is 0.344. The molecule has 2 fully saturated rings. The molecule has 0 spiro atoms. The Morgan fingerprint density at radius 1 is 1.23 bits per heavy atom. The fraction of sp³-hybridized carbons (Fsp3) is 0.938. The molecule has 1 saturated carbocycles. The van der Waals surface area contributed by atoms with Gasteiger partial charge in [0, 0.05) is 24.7 Å². The van der Waals surface area contributed by atoms with Crippen LogP contribution in [0.5, 0.6) is 0 Å². The van der Waals surface area contributed by atoms with E-state index in [0.717, 1.165) is 51.9 Å². The number of hydrogen-bond donors (Lipinski definition) is 1. The number of carbonyl (C=O) groups is 1. The van der Waals surface area contributed by atoms with Crippen molar-refractivity contribution in [1.29, 1.82) is 0 Å². The number of likely N-dealkylation sites (N-methyl/N-ethyl adjacent to an activating group) is 1. The first-order valence-corrected chi connectivity index (χ1v) is 8.31. The van der Waals surface area contributed by atoms with E-state index in [4.69, 9.17) is 5.73 Å². The normalized spacial score (nSPS) is 31.6. The zero-order valence-corrected chi connectivity index (χ0v) is 15.8. The minimum atomic E-state index is -0.303. The Bertz CT molecular complexity index is 348. The van der Waals surface area contributed by atoms with Crippen LogP contribution in [0.15, 0.2) is 0 Å². The highest BCUT2D eigenvalue weighted by atomic mass is 35.5. The molecule has 0 radical (unpaired) electrons. The van der Waals surface area contributed by atoms with Gasteiger partial charge in [0.05, 0.1) is 5.92 Å². The van der Waals surface area contributed by atoms with Gasteiger partial charge in [-0.15, -0.1) is 24.8 Å². The molecule has 0 aromatic carbocycles. The third kappa shape index (κ3) is 4.73. The van der Waals surface area contributed by atoms with E-state index in [9.17, 15) is 4.79 Å². The second kappa shape index (κ2) is 9.31. The Kier molecular flexibility index (Phi) is 9.30. The lowest BCUT2D eigenvalue weighted by atomic mass is 9.74. The summed E-state index contributed by atoms with van der Waals surface area (Å²) in [6.45, 7) is 10.4. The smallest absolute Gasteiger partial charge is 0.227 e. The van der Waals surface area contributed by atoms with Crippen molar-refractivity contribution in [2.24, 2.45) is 11.7 Å². The molecule has 132 valence electrons. The number of rotatable bonds is 4. The summed E-state index contributed by atoms with van der Waals surface area (Å²) in [5.41, 5.74) is 6.08. The summed E-state index contributed by atoms with van der Waals surface area (Å²) >= 11 is 0. The molecule has 1 saturated heterocycles. The van der Waals surface area contributed by atoms with Gasteiger partial charge >= 0.3 is 0 Å². The minimum absolute atomic E-state index is 0. The van der Waals surface area contributed by atoms with Gasteiger partial charge in [-0.3, -0.25) is 9.69 Å². The van der Waals surface area contributed by atoms with Crippen LogP contribution in [0.1, 0.15) is 52.9 Å². The fourth-order valence-electron chi connectivity index (χ4n) is 3.96. The van der Waals surface area contributed by atoms with Gasteiger partial charge in [-0.2, -0.15) is 0 Å². The third-order valence-electron chi connectivity index (χ3n) is 5.36. The summed E-state index contributed by atoms with van der Waals surface area (Å²) in [6.07, 6.45) is 5.38. The summed E-state index contributed by atoms with van der Waals surface area (Å²) < 4.78 is 0. The number of nitrogens with zero attached hydrogens (tertiary/aromatic N) is 2. The Balaban J connectivity index is 0.00000220. The molecule has 1 aliphatic carbocycles. The summed E-state index contributed by atoms with van der Waals surface area (Å²) in [7, 11) is 0. The lowest BCUT2D eigenvalue weighted by Gasteiger charge is -2.39. The summed E-state index contributed by atoms with van der Waals surface area (Å²) in [5, 5.41) is 0. The van der Waals surface area contributed by atoms with Gasteiger partial charge in [0.15, 0.2) is 0 Å². The molecule has 6 heteroatoms. The zero-order valence-electron chi connectivity index (χ0n) is 14.2. The standard InChI is InChI=1S/C16H31N3O.2ClH/c1-4-18(5-2)13-9-11-19(12-13)15(20)14-8-6-7-10-16(14,3)17;;/h13-14H,4-12,17H2,1-3H3;2*1H. The quantitative estimate of drug-likeness (QED) is 0.845. The molecule has 0 bridgehead atoms. The van der Waals surface area contributed by atoms with Gasteiger partial charge in [-0.05, 0) is 39.3 Å². The average Bonchev–Trinajstić information content (AvgIpc) is 2.89. The first kappa shape index (κ1) is 22.0. The predicted octanol–water partition coefficient (Wildman–Crippen LogP) is 2.68. The minimum Gasteiger partial charge on any atom is -0.341 e. The van der Waals surface area contributed by atoms with E-state index in [1.54, 1.807) is 0 Å². The van der Waals surface area contributed by atoms with Gasteiger partial charge in [0.1, 0.15) is 0 Å². The summed E-state index contributed by atoms with van der Waals surface area (Å²) in [6, 6.07) is 0.543. The van der Waals surface area contributed by atoms with Crippen LogP contribution in [0.4, 0.5) is 0 Å². The van der Waals surface area contributed by atoms with Crippen LogP contribution in [0.3, 0.4) is 0 Å². The number of amides is 1. The van der Waals surface area contributed by atoms with E-state index in [1.165, 1.54) is 6.42 Å².